The maximum atomic E-state index is 12.0. The van der Waals surface area contributed by atoms with Gasteiger partial charge in [0.15, 0.2) is 0 Å². The Hall–Kier alpha value is -0.870. The zero-order chi connectivity index (χ0) is 13.7. The second-order valence-electron chi connectivity index (χ2n) is 5.21. The van der Waals surface area contributed by atoms with E-state index in [1.165, 1.54) is 24.1 Å². The van der Waals surface area contributed by atoms with Crippen LogP contribution in [0.2, 0.25) is 0 Å². The van der Waals surface area contributed by atoms with E-state index in [1.807, 2.05) is 19.9 Å². The third-order valence-corrected chi connectivity index (χ3v) is 4.51. The molecule has 1 amide bonds. The largest absolute Gasteiger partial charge is 0.378 e. The number of carbonyl (C=O) groups excluding carboxylic acids is 1. The van der Waals surface area contributed by atoms with Gasteiger partial charge in [-0.15, -0.1) is 11.3 Å². The van der Waals surface area contributed by atoms with Gasteiger partial charge in [0.2, 0.25) is 0 Å². The number of nitrogens with one attached hydrogen (secondary N) is 1. The molecule has 0 unspecified atom stereocenters. The smallest absolute Gasteiger partial charge is 0.252 e. The monoisotopic (exact) mass is 281 g/mol. The van der Waals surface area contributed by atoms with Gasteiger partial charge in [-0.3, -0.25) is 4.79 Å². The van der Waals surface area contributed by atoms with Gasteiger partial charge >= 0.3 is 0 Å². The second-order valence-corrected chi connectivity index (χ2v) is 6.67. The summed E-state index contributed by atoms with van der Waals surface area (Å²) in [5, 5.41) is 3.00. The molecule has 1 N–H and O–H groups in total. The van der Waals surface area contributed by atoms with E-state index in [-0.39, 0.29) is 5.91 Å². The molecule has 1 fully saturated rings. The molecule has 1 aromatic rings. The van der Waals surface area contributed by atoms with Crippen molar-refractivity contribution in [2.24, 2.45) is 0 Å². The number of hydrogen-bond acceptors (Lipinski definition) is 3. The summed E-state index contributed by atoms with van der Waals surface area (Å²) >= 11 is 1.68. The van der Waals surface area contributed by atoms with E-state index in [0.29, 0.717) is 6.10 Å². The van der Waals surface area contributed by atoms with Crippen LogP contribution in [-0.2, 0) is 4.74 Å². The first kappa shape index (κ1) is 14.5. The minimum atomic E-state index is 0.0615. The highest BCUT2D eigenvalue weighted by Crippen LogP contribution is 2.20. The SMILES string of the molecule is Cc1cc(C(=O)NCCC[C@@H]2CCCCO2)c(C)s1. The van der Waals surface area contributed by atoms with Gasteiger partial charge in [-0.25, -0.2) is 0 Å². The quantitative estimate of drug-likeness (QED) is 0.840. The summed E-state index contributed by atoms with van der Waals surface area (Å²) in [4.78, 5) is 14.3. The molecular formula is C15H23NO2S. The fourth-order valence-corrected chi connectivity index (χ4v) is 3.44. The zero-order valence-corrected chi connectivity index (χ0v) is 12.6. The van der Waals surface area contributed by atoms with Crippen LogP contribution in [0.3, 0.4) is 0 Å². The minimum absolute atomic E-state index is 0.0615. The van der Waals surface area contributed by atoms with Crippen LogP contribution in [0, 0.1) is 13.8 Å². The Bertz CT molecular complexity index is 422. The molecule has 0 bridgehead atoms. The molecule has 1 aliphatic heterocycles. The third kappa shape index (κ3) is 4.32. The molecule has 0 spiro atoms. The van der Waals surface area contributed by atoms with E-state index >= 15 is 0 Å². The number of ether oxygens (including phenoxy) is 1. The number of thiophene rings is 1. The summed E-state index contributed by atoms with van der Waals surface area (Å²) in [7, 11) is 0. The topological polar surface area (TPSA) is 38.3 Å². The first-order valence-electron chi connectivity index (χ1n) is 7.13. The number of rotatable bonds is 5. The molecule has 1 aromatic heterocycles. The third-order valence-electron chi connectivity index (χ3n) is 3.55. The predicted molar refractivity (Wildman–Crippen MR) is 79.0 cm³/mol. The number of carbonyl (C=O) groups is 1. The van der Waals surface area contributed by atoms with Gasteiger partial charge in [0.05, 0.1) is 11.7 Å². The lowest BCUT2D eigenvalue weighted by Crippen LogP contribution is -2.26. The second kappa shape index (κ2) is 7.06. The van der Waals surface area contributed by atoms with Crippen molar-refractivity contribution < 1.29 is 9.53 Å². The van der Waals surface area contributed by atoms with Crippen LogP contribution in [0.25, 0.3) is 0 Å². The van der Waals surface area contributed by atoms with Crippen molar-refractivity contribution >= 4 is 17.2 Å². The highest BCUT2D eigenvalue weighted by molar-refractivity contribution is 7.12. The fourth-order valence-electron chi connectivity index (χ4n) is 2.52. The van der Waals surface area contributed by atoms with Crippen LogP contribution in [0.1, 0.15) is 52.2 Å². The number of hydrogen-bond donors (Lipinski definition) is 1. The van der Waals surface area contributed by atoms with Crippen LogP contribution in [0.5, 0.6) is 0 Å². The van der Waals surface area contributed by atoms with Crippen molar-refractivity contribution in [1.82, 2.24) is 5.32 Å². The number of aryl methyl sites for hydroxylation is 2. The standard InChI is InChI=1S/C15H23NO2S/c1-11-10-14(12(2)19-11)15(17)16-8-5-7-13-6-3-4-9-18-13/h10,13H,3-9H2,1-2H3,(H,16,17)/t13-/m0/s1. The lowest BCUT2D eigenvalue weighted by molar-refractivity contribution is 0.0102. The van der Waals surface area contributed by atoms with Gasteiger partial charge in [-0.1, -0.05) is 0 Å². The molecule has 2 heterocycles. The highest BCUT2D eigenvalue weighted by Gasteiger charge is 2.14. The van der Waals surface area contributed by atoms with Gasteiger partial charge in [0.1, 0.15) is 0 Å². The van der Waals surface area contributed by atoms with Crippen molar-refractivity contribution in [3.63, 3.8) is 0 Å². The average Bonchev–Trinajstić information content (AvgIpc) is 2.75. The summed E-state index contributed by atoms with van der Waals surface area (Å²) in [6.45, 7) is 5.69. The van der Waals surface area contributed by atoms with Crippen molar-refractivity contribution in [1.29, 1.82) is 0 Å². The molecular weight excluding hydrogens is 258 g/mol. The maximum absolute atomic E-state index is 12.0. The molecule has 0 radical (unpaired) electrons. The number of amides is 1. The molecule has 2 rings (SSSR count). The van der Waals surface area contributed by atoms with Crippen LogP contribution in [0.4, 0.5) is 0 Å². The molecule has 1 aliphatic rings. The predicted octanol–water partition coefficient (Wildman–Crippen LogP) is 3.44. The van der Waals surface area contributed by atoms with Gasteiger partial charge in [-0.05, 0) is 52.0 Å². The molecule has 106 valence electrons. The van der Waals surface area contributed by atoms with Gasteiger partial charge in [0.25, 0.3) is 5.91 Å². The van der Waals surface area contributed by atoms with E-state index in [1.54, 1.807) is 11.3 Å². The van der Waals surface area contributed by atoms with Crippen LogP contribution in [0.15, 0.2) is 6.07 Å². The highest BCUT2D eigenvalue weighted by atomic mass is 32.1. The fraction of sp³-hybridized carbons (Fsp3) is 0.667. The van der Waals surface area contributed by atoms with E-state index in [0.717, 1.165) is 36.4 Å². The van der Waals surface area contributed by atoms with Crippen LogP contribution >= 0.6 is 11.3 Å². The molecule has 4 heteroatoms. The van der Waals surface area contributed by atoms with Crippen molar-refractivity contribution in [2.45, 2.75) is 52.1 Å². The minimum Gasteiger partial charge on any atom is -0.378 e. The molecule has 19 heavy (non-hydrogen) atoms. The molecule has 3 nitrogen and oxygen atoms in total. The zero-order valence-electron chi connectivity index (χ0n) is 11.8. The average molecular weight is 281 g/mol. The van der Waals surface area contributed by atoms with Crippen molar-refractivity contribution in [3.05, 3.63) is 21.4 Å². The van der Waals surface area contributed by atoms with E-state index in [2.05, 4.69) is 5.32 Å². The molecule has 0 saturated carbocycles. The van der Waals surface area contributed by atoms with E-state index in [9.17, 15) is 4.79 Å². The van der Waals surface area contributed by atoms with E-state index < -0.39 is 0 Å². The maximum Gasteiger partial charge on any atom is 0.252 e. The Morgan fingerprint density at radius 2 is 2.32 bits per heavy atom. The summed E-state index contributed by atoms with van der Waals surface area (Å²) in [5.74, 6) is 0.0615. The van der Waals surface area contributed by atoms with Crippen molar-refractivity contribution in [2.75, 3.05) is 13.2 Å². The Kier molecular flexibility index (Phi) is 5.40. The van der Waals surface area contributed by atoms with Crippen LogP contribution < -0.4 is 5.32 Å². The Balaban J connectivity index is 1.67. The molecule has 1 atom stereocenters. The Labute approximate surface area is 119 Å². The van der Waals surface area contributed by atoms with Gasteiger partial charge < -0.3 is 10.1 Å². The van der Waals surface area contributed by atoms with Crippen LogP contribution in [-0.4, -0.2) is 25.2 Å². The summed E-state index contributed by atoms with van der Waals surface area (Å²) in [5.41, 5.74) is 0.830. The summed E-state index contributed by atoms with van der Waals surface area (Å²) in [6.07, 6.45) is 6.13. The van der Waals surface area contributed by atoms with Gasteiger partial charge in [-0.2, -0.15) is 0 Å². The van der Waals surface area contributed by atoms with E-state index in [4.69, 9.17) is 4.74 Å². The first-order chi connectivity index (χ1) is 9.16. The summed E-state index contributed by atoms with van der Waals surface area (Å²) in [6, 6.07) is 1.97. The normalized spacial score (nSPS) is 19.4. The lowest BCUT2D eigenvalue weighted by Gasteiger charge is -2.22. The first-order valence-corrected chi connectivity index (χ1v) is 7.95. The molecule has 1 saturated heterocycles. The lowest BCUT2D eigenvalue weighted by atomic mass is 10.0. The molecule has 0 aromatic carbocycles. The summed E-state index contributed by atoms with van der Waals surface area (Å²) < 4.78 is 5.68. The Morgan fingerprint density at radius 1 is 1.47 bits per heavy atom. The van der Waals surface area contributed by atoms with Gasteiger partial charge in [0, 0.05) is 22.9 Å². The van der Waals surface area contributed by atoms with Crippen molar-refractivity contribution in [3.8, 4) is 0 Å². The molecule has 0 aliphatic carbocycles. The Morgan fingerprint density at radius 3 is 2.95 bits per heavy atom.